The summed E-state index contributed by atoms with van der Waals surface area (Å²) < 4.78 is 0. The number of carbonyl (C=O) groups excluding carboxylic acids is 2. The van der Waals surface area contributed by atoms with Gasteiger partial charge in [0, 0.05) is 0 Å². The monoisotopic (exact) mass is 239 g/mol. The van der Waals surface area contributed by atoms with Gasteiger partial charge in [0.25, 0.3) is 5.91 Å². The van der Waals surface area contributed by atoms with Crippen LogP contribution in [0, 0.1) is 5.92 Å². The Morgan fingerprint density at radius 1 is 1.18 bits per heavy atom. The average molecular weight is 239 g/mol. The van der Waals surface area contributed by atoms with Crippen LogP contribution in [-0.2, 0) is 4.79 Å². The predicted octanol–water partition coefficient (Wildman–Crippen LogP) is 1.40. The van der Waals surface area contributed by atoms with Crippen LogP contribution in [0.3, 0.4) is 0 Å². The summed E-state index contributed by atoms with van der Waals surface area (Å²) in [6, 6.07) is -0.455. The summed E-state index contributed by atoms with van der Waals surface area (Å²) in [5.41, 5.74) is 2.65. The number of amides is 3. The number of nitrogens with one attached hydrogen (secondary N) is 2. The molecule has 96 valence electrons. The van der Waals surface area contributed by atoms with Crippen LogP contribution < -0.4 is 10.7 Å². The van der Waals surface area contributed by atoms with E-state index in [2.05, 4.69) is 10.7 Å². The molecule has 2 N–H and O–H groups in total. The van der Waals surface area contributed by atoms with Crippen molar-refractivity contribution in [2.75, 3.05) is 0 Å². The second-order valence-electron chi connectivity index (χ2n) is 5.31. The largest absolute Gasteiger partial charge is 0.334 e. The molecular weight excluding hydrogens is 218 g/mol. The summed E-state index contributed by atoms with van der Waals surface area (Å²) in [5, 5.41) is 4.27. The van der Waals surface area contributed by atoms with Gasteiger partial charge in [-0.1, -0.05) is 33.1 Å². The van der Waals surface area contributed by atoms with Crippen molar-refractivity contribution in [1.82, 2.24) is 15.8 Å². The van der Waals surface area contributed by atoms with Crippen molar-refractivity contribution in [2.45, 2.75) is 58.0 Å². The summed E-state index contributed by atoms with van der Waals surface area (Å²) in [7, 11) is 0. The molecule has 5 heteroatoms. The Hall–Kier alpha value is -1.26. The Labute approximate surface area is 102 Å². The zero-order valence-electron chi connectivity index (χ0n) is 10.5. The average Bonchev–Trinajstić information content (AvgIpc) is 2.32. The topological polar surface area (TPSA) is 61.4 Å². The van der Waals surface area contributed by atoms with Crippen LogP contribution >= 0.6 is 0 Å². The second kappa shape index (κ2) is 4.94. The molecule has 0 unspecified atom stereocenters. The number of hydrogen-bond donors (Lipinski definition) is 2. The molecule has 1 aliphatic heterocycles. The number of hydrazine groups is 1. The van der Waals surface area contributed by atoms with Crippen molar-refractivity contribution in [1.29, 1.82) is 0 Å². The molecule has 1 saturated carbocycles. The van der Waals surface area contributed by atoms with E-state index in [-0.39, 0.29) is 29.9 Å². The summed E-state index contributed by atoms with van der Waals surface area (Å²) in [4.78, 5) is 23.8. The fourth-order valence-corrected chi connectivity index (χ4v) is 2.61. The Balaban J connectivity index is 2.09. The minimum Gasteiger partial charge on any atom is -0.325 e. The van der Waals surface area contributed by atoms with Crippen LogP contribution in [0.5, 0.6) is 0 Å². The first-order valence-electron chi connectivity index (χ1n) is 6.50. The van der Waals surface area contributed by atoms with Crippen LogP contribution in [-0.4, -0.2) is 29.0 Å². The van der Waals surface area contributed by atoms with Gasteiger partial charge in [-0.3, -0.25) is 4.79 Å². The van der Waals surface area contributed by atoms with Gasteiger partial charge >= 0.3 is 6.03 Å². The van der Waals surface area contributed by atoms with Crippen molar-refractivity contribution in [3.8, 4) is 0 Å². The molecule has 0 aromatic rings. The highest BCUT2D eigenvalue weighted by Crippen LogP contribution is 2.23. The van der Waals surface area contributed by atoms with Crippen molar-refractivity contribution in [3.63, 3.8) is 0 Å². The summed E-state index contributed by atoms with van der Waals surface area (Å²) in [5.74, 6) is 0.131. The van der Waals surface area contributed by atoms with Gasteiger partial charge in [0.1, 0.15) is 6.04 Å². The molecule has 1 atom stereocenters. The maximum absolute atomic E-state index is 12.3. The van der Waals surface area contributed by atoms with Crippen molar-refractivity contribution >= 4 is 11.9 Å². The first-order chi connectivity index (χ1) is 8.09. The smallest absolute Gasteiger partial charge is 0.325 e. The zero-order valence-corrected chi connectivity index (χ0v) is 10.5. The molecule has 1 aliphatic carbocycles. The highest BCUT2D eigenvalue weighted by molar-refractivity contribution is 5.92. The number of carbonyl (C=O) groups is 2. The van der Waals surface area contributed by atoms with Gasteiger partial charge in [0.15, 0.2) is 0 Å². The van der Waals surface area contributed by atoms with Crippen molar-refractivity contribution in [2.24, 2.45) is 5.92 Å². The Morgan fingerprint density at radius 2 is 1.82 bits per heavy atom. The van der Waals surface area contributed by atoms with Crippen LogP contribution in [0.15, 0.2) is 0 Å². The molecule has 3 amide bonds. The fourth-order valence-electron chi connectivity index (χ4n) is 2.61. The predicted molar refractivity (Wildman–Crippen MR) is 64.0 cm³/mol. The van der Waals surface area contributed by atoms with E-state index in [9.17, 15) is 9.59 Å². The second-order valence-corrected chi connectivity index (χ2v) is 5.31. The van der Waals surface area contributed by atoms with E-state index in [4.69, 9.17) is 0 Å². The molecule has 1 saturated heterocycles. The van der Waals surface area contributed by atoms with Gasteiger partial charge in [-0.25, -0.2) is 15.2 Å². The number of hydrogen-bond acceptors (Lipinski definition) is 2. The van der Waals surface area contributed by atoms with Crippen LogP contribution in [0.2, 0.25) is 0 Å². The van der Waals surface area contributed by atoms with Gasteiger partial charge in [0.05, 0.1) is 6.04 Å². The highest BCUT2D eigenvalue weighted by Gasteiger charge is 2.38. The van der Waals surface area contributed by atoms with E-state index in [1.807, 2.05) is 13.8 Å². The first-order valence-corrected chi connectivity index (χ1v) is 6.50. The molecule has 5 nitrogen and oxygen atoms in total. The maximum Gasteiger partial charge on any atom is 0.334 e. The van der Waals surface area contributed by atoms with Crippen LogP contribution in [0.25, 0.3) is 0 Å². The first kappa shape index (κ1) is 12.2. The van der Waals surface area contributed by atoms with Gasteiger partial charge < -0.3 is 5.32 Å². The minimum atomic E-state index is -0.384. The summed E-state index contributed by atoms with van der Waals surface area (Å²) in [6.45, 7) is 3.90. The van der Waals surface area contributed by atoms with E-state index >= 15 is 0 Å². The Morgan fingerprint density at radius 3 is 2.41 bits per heavy atom. The molecule has 0 radical (unpaired) electrons. The lowest BCUT2D eigenvalue weighted by molar-refractivity contribution is -0.142. The summed E-state index contributed by atoms with van der Waals surface area (Å²) in [6.07, 6.45) is 5.51. The molecule has 1 heterocycles. The molecule has 0 bridgehead atoms. The van der Waals surface area contributed by atoms with Gasteiger partial charge in [0.2, 0.25) is 0 Å². The molecular formula is C12H21N3O2. The Bertz CT molecular complexity index is 311. The number of nitrogens with zero attached hydrogens (tertiary/aromatic N) is 1. The zero-order chi connectivity index (χ0) is 12.4. The van der Waals surface area contributed by atoms with Gasteiger partial charge in [-0.05, 0) is 18.8 Å². The molecule has 0 spiro atoms. The van der Waals surface area contributed by atoms with E-state index < -0.39 is 0 Å². The van der Waals surface area contributed by atoms with Crippen LogP contribution in [0.1, 0.15) is 46.0 Å². The molecule has 17 heavy (non-hydrogen) atoms. The van der Waals surface area contributed by atoms with Crippen molar-refractivity contribution < 1.29 is 9.59 Å². The normalized spacial score (nSPS) is 27.0. The van der Waals surface area contributed by atoms with Crippen molar-refractivity contribution in [3.05, 3.63) is 0 Å². The molecule has 0 aromatic heterocycles. The maximum atomic E-state index is 12.3. The lowest BCUT2D eigenvalue weighted by Gasteiger charge is -2.40. The van der Waals surface area contributed by atoms with Crippen LogP contribution in [0.4, 0.5) is 4.79 Å². The van der Waals surface area contributed by atoms with E-state index in [1.165, 1.54) is 6.42 Å². The number of rotatable bonds is 2. The summed E-state index contributed by atoms with van der Waals surface area (Å²) >= 11 is 0. The fraction of sp³-hybridized carbons (Fsp3) is 0.833. The Kier molecular flexibility index (Phi) is 3.54. The third kappa shape index (κ3) is 2.53. The van der Waals surface area contributed by atoms with E-state index in [0.29, 0.717) is 0 Å². The third-order valence-electron chi connectivity index (χ3n) is 3.62. The highest BCUT2D eigenvalue weighted by atomic mass is 16.2. The molecule has 2 rings (SSSR count). The van der Waals surface area contributed by atoms with E-state index in [1.54, 1.807) is 5.01 Å². The SMILES string of the molecule is CC(C)[C@@H]1NC(=O)NN(C2CCCCC2)C1=O. The quantitative estimate of drug-likeness (QED) is 0.765. The molecule has 0 aromatic carbocycles. The molecule has 2 fully saturated rings. The third-order valence-corrected chi connectivity index (χ3v) is 3.62. The molecule has 2 aliphatic rings. The standard InChI is InChI=1S/C12H21N3O2/c1-8(2)10-11(16)15(14-12(17)13-10)9-6-4-3-5-7-9/h8-10H,3-7H2,1-2H3,(H2,13,14,17)/t10-/m0/s1. The van der Waals surface area contributed by atoms with E-state index in [0.717, 1.165) is 25.7 Å². The van der Waals surface area contributed by atoms with Gasteiger partial charge in [-0.2, -0.15) is 0 Å². The lowest BCUT2D eigenvalue weighted by Crippen LogP contribution is -2.67. The lowest BCUT2D eigenvalue weighted by atomic mass is 9.93. The minimum absolute atomic E-state index is 0.00602. The number of urea groups is 1. The van der Waals surface area contributed by atoms with Gasteiger partial charge in [-0.15, -0.1) is 0 Å².